The van der Waals surface area contributed by atoms with E-state index in [0.717, 1.165) is 23.0 Å². The highest BCUT2D eigenvalue weighted by atomic mass is 32.2. The number of thioether (sulfide) groups is 4. The van der Waals surface area contributed by atoms with Crippen LogP contribution >= 0.6 is 47.0 Å². The van der Waals surface area contributed by atoms with Gasteiger partial charge in [-0.3, -0.25) is 22.3 Å². The van der Waals surface area contributed by atoms with Crippen LogP contribution in [-0.4, -0.2) is 0 Å². The molecular formula is C34H28S4-2. The van der Waals surface area contributed by atoms with E-state index in [1.54, 1.807) is 0 Å². The normalized spacial score (nSPS) is 10.9. The van der Waals surface area contributed by atoms with Crippen LogP contribution in [0.2, 0.25) is 0 Å². The van der Waals surface area contributed by atoms with Crippen molar-refractivity contribution in [3.8, 4) is 0 Å². The van der Waals surface area contributed by atoms with E-state index in [-0.39, 0.29) is 0 Å². The third-order valence-corrected chi connectivity index (χ3v) is 9.99. The Morgan fingerprint density at radius 2 is 0.526 bits per heavy atom. The van der Waals surface area contributed by atoms with Gasteiger partial charge in [-0.05, 0) is 71.5 Å². The van der Waals surface area contributed by atoms with Gasteiger partial charge in [-0.25, -0.2) is 0 Å². The van der Waals surface area contributed by atoms with E-state index < -0.39 is 0 Å². The Hall–Kier alpha value is -2.50. The highest BCUT2D eigenvalue weighted by Crippen LogP contribution is 2.34. The zero-order valence-corrected chi connectivity index (χ0v) is 24.3. The molecule has 0 bridgehead atoms. The van der Waals surface area contributed by atoms with Crippen LogP contribution in [0.4, 0.5) is 0 Å². The molecule has 38 heavy (non-hydrogen) atoms. The molecule has 0 N–H and O–H groups in total. The lowest BCUT2D eigenvalue weighted by atomic mass is 10.0. The SMILES string of the molecule is [c-]1c(CSc2ccccc2)c(CSc2ccccc2)[c-]c(CSc2ccccc2)c1CSc1ccccc1. The van der Waals surface area contributed by atoms with Crippen molar-refractivity contribution in [3.63, 3.8) is 0 Å². The second-order valence-electron chi connectivity index (χ2n) is 8.57. The van der Waals surface area contributed by atoms with Crippen LogP contribution in [0.1, 0.15) is 22.3 Å². The minimum atomic E-state index is 0.889. The molecule has 0 aromatic heterocycles. The van der Waals surface area contributed by atoms with Crippen LogP contribution in [-0.2, 0) is 23.0 Å². The molecule has 4 heteroatoms. The maximum atomic E-state index is 3.90. The molecule has 0 saturated heterocycles. The molecule has 0 amide bonds. The molecule has 0 aliphatic rings. The minimum absolute atomic E-state index is 0.889. The second-order valence-corrected chi connectivity index (χ2v) is 12.8. The van der Waals surface area contributed by atoms with Crippen molar-refractivity contribution in [2.24, 2.45) is 0 Å². The number of hydrogen-bond acceptors (Lipinski definition) is 4. The van der Waals surface area contributed by atoms with E-state index in [9.17, 15) is 0 Å². The Balaban J connectivity index is 1.44. The van der Waals surface area contributed by atoms with Crippen molar-refractivity contribution >= 4 is 47.0 Å². The first-order valence-electron chi connectivity index (χ1n) is 12.5. The van der Waals surface area contributed by atoms with Gasteiger partial charge in [-0.15, -0.1) is 47.0 Å². The molecule has 190 valence electrons. The molecule has 0 aliphatic carbocycles. The van der Waals surface area contributed by atoms with E-state index in [0.29, 0.717) is 0 Å². The van der Waals surface area contributed by atoms with Crippen LogP contribution in [0, 0.1) is 12.1 Å². The summed E-state index contributed by atoms with van der Waals surface area (Å²) in [6.45, 7) is 0. The Kier molecular flexibility index (Phi) is 10.4. The van der Waals surface area contributed by atoms with Gasteiger partial charge in [0.2, 0.25) is 0 Å². The quantitative estimate of drug-likeness (QED) is 0.109. The molecule has 5 aromatic carbocycles. The van der Waals surface area contributed by atoms with Crippen molar-refractivity contribution in [1.29, 1.82) is 0 Å². The molecule has 0 heterocycles. The molecule has 0 atom stereocenters. The van der Waals surface area contributed by atoms with Crippen molar-refractivity contribution in [3.05, 3.63) is 156 Å². The first-order chi connectivity index (χ1) is 18.8. The van der Waals surface area contributed by atoms with Crippen molar-refractivity contribution in [2.45, 2.75) is 42.6 Å². The summed E-state index contributed by atoms with van der Waals surface area (Å²) >= 11 is 7.50. The molecule has 0 saturated carbocycles. The van der Waals surface area contributed by atoms with Crippen LogP contribution in [0.15, 0.2) is 141 Å². The van der Waals surface area contributed by atoms with Gasteiger partial charge < -0.3 is 12.1 Å². The van der Waals surface area contributed by atoms with Crippen LogP contribution in [0.25, 0.3) is 0 Å². The Labute approximate surface area is 244 Å². The van der Waals surface area contributed by atoms with Gasteiger partial charge in [0.25, 0.3) is 0 Å². The molecule has 0 unspecified atom stereocenters. The highest BCUT2D eigenvalue weighted by molar-refractivity contribution is 7.99. The van der Waals surface area contributed by atoms with Crippen LogP contribution in [0.5, 0.6) is 0 Å². The summed E-state index contributed by atoms with van der Waals surface area (Å²) in [6.07, 6.45) is 0. The topological polar surface area (TPSA) is 0 Å². The van der Waals surface area contributed by atoms with E-state index in [1.807, 2.05) is 47.0 Å². The molecule has 5 aromatic rings. The Morgan fingerprint density at radius 1 is 0.316 bits per heavy atom. The molecule has 5 rings (SSSR count). The molecule has 0 spiro atoms. The summed E-state index contributed by atoms with van der Waals surface area (Å²) in [5, 5.41) is 0. The number of hydrogen-bond donors (Lipinski definition) is 0. The van der Waals surface area contributed by atoms with Crippen LogP contribution < -0.4 is 0 Å². The van der Waals surface area contributed by atoms with Crippen LogP contribution in [0.3, 0.4) is 0 Å². The van der Waals surface area contributed by atoms with E-state index in [1.165, 1.54) is 41.8 Å². The standard InChI is InChI=1S/C34H28S4/c1-5-13-31(14-6-1)35-23-27-21-29(25-37-33-17-9-3-10-18-33)30(26-38-34-19-11-4-12-20-34)22-28(27)24-36-32-15-7-2-8-16-32/h1-20H,23-26H2/q-2. The molecular weight excluding hydrogens is 537 g/mol. The van der Waals surface area contributed by atoms with Crippen molar-refractivity contribution in [1.82, 2.24) is 0 Å². The third kappa shape index (κ3) is 8.25. The average Bonchev–Trinajstić information content (AvgIpc) is 2.99. The van der Waals surface area contributed by atoms with Crippen molar-refractivity contribution < 1.29 is 0 Å². The van der Waals surface area contributed by atoms with E-state index in [2.05, 4.69) is 133 Å². The lowest BCUT2D eigenvalue weighted by molar-refractivity contribution is 1.17. The Bertz CT molecular complexity index is 1170. The fraction of sp³-hybridized carbons (Fsp3) is 0.118. The fourth-order valence-electron chi connectivity index (χ4n) is 3.85. The zero-order valence-electron chi connectivity index (χ0n) is 21.0. The molecule has 0 fully saturated rings. The molecule has 0 radical (unpaired) electrons. The first kappa shape index (κ1) is 27.1. The van der Waals surface area contributed by atoms with Gasteiger partial charge in [-0.2, -0.15) is 0 Å². The van der Waals surface area contributed by atoms with Gasteiger partial charge >= 0.3 is 0 Å². The maximum Gasteiger partial charge on any atom is 0.00641 e. The summed E-state index contributed by atoms with van der Waals surface area (Å²) < 4.78 is 0. The summed E-state index contributed by atoms with van der Waals surface area (Å²) in [5.74, 6) is 3.56. The van der Waals surface area contributed by atoms with Gasteiger partial charge in [0.15, 0.2) is 0 Å². The molecule has 0 nitrogen and oxygen atoms in total. The predicted octanol–water partition coefficient (Wildman–Crippen LogP) is 10.5. The average molecular weight is 565 g/mol. The monoisotopic (exact) mass is 564 g/mol. The minimum Gasteiger partial charge on any atom is -0.310 e. The third-order valence-electron chi connectivity index (χ3n) is 5.84. The van der Waals surface area contributed by atoms with Crippen molar-refractivity contribution in [2.75, 3.05) is 0 Å². The highest BCUT2D eigenvalue weighted by Gasteiger charge is 2.00. The summed E-state index contributed by atoms with van der Waals surface area (Å²) in [6, 6.07) is 50.4. The van der Waals surface area contributed by atoms with E-state index in [4.69, 9.17) is 0 Å². The number of benzene rings is 5. The number of rotatable bonds is 12. The second kappa shape index (κ2) is 14.6. The Morgan fingerprint density at radius 3 is 0.737 bits per heavy atom. The van der Waals surface area contributed by atoms with E-state index >= 15 is 0 Å². The van der Waals surface area contributed by atoms with Gasteiger partial charge in [-0.1, -0.05) is 72.8 Å². The predicted molar refractivity (Wildman–Crippen MR) is 168 cm³/mol. The van der Waals surface area contributed by atoms with Gasteiger partial charge in [0.05, 0.1) is 0 Å². The maximum absolute atomic E-state index is 3.90. The largest absolute Gasteiger partial charge is 0.310 e. The van der Waals surface area contributed by atoms with Gasteiger partial charge in [0, 0.05) is 19.6 Å². The first-order valence-corrected chi connectivity index (χ1v) is 16.5. The summed E-state index contributed by atoms with van der Waals surface area (Å²) in [7, 11) is 0. The fourth-order valence-corrected chi connectivity index (χ4v) is 7.48. The lowest BCUT2D eigenvalue weighted by Crippen LogP contribution is -2.01. The molecule has 0 aliphatic heterocycles. The van der Waals surface area contributed by atoms with Gasteiger partial charge in [0.1, 0.15) is 0 Å². The zero-order chi connectivity index (χ0) is 25.8. The summed E-state index contributed by atoms with van der Waals surface area (Å²) in [5.41, 5.74) is 5.05. The summed E-state index contributed by atoms with van der Waals surface area (Å²) in [4.78, 5) is 5.14. The lowest BCUT2D eigenvalue weighted by Gasteiger charge is -2.33. The smallest absolute Gasteiger partial charge is 0.00641 e.